The minimum Gasteiger partial charge on any atom is -0.287 e. The van der Waals surface area contributed by atoms with E-state index in [1.807, 2.05) is 54.1 Å². The van der Waals surface area contributed by atoms with Crippen LogP contribution in [-0.2, 0) is 6.54 Å². The van der Waals surface area contributed by atoms with Crippen molar-refractivity contribution in [3.8, 4) is 0 Å². The van der Waals surface area contributed by atoms with Crippen LogP contribution in [0.25, 0.3) is 10.8 Å². The van der Waals surface area contributed by atoms with Gasteiger partial charge in [0.1, 0.15) is 0 Å². The fraction of sp³-hybridized carbons (Fsp3) is 0.158. The summed E-state index contributed by atoms with van der Waals surface area (Å²) in [6.07, 6.45) is 4.09. The number of carbonyl (C=O) groups excluding carboxylic acids is 1. The van der Waals surface area contributed by atoms with Gasteiger partial charge in [-0.3, -0.25) is 4.79 Å². The van der Waals surface area contributed by atoms with Crippen LogP contribution in [0.3, 0.4) is 0 Å². The number of aromatic nitrogens is 1. The average molecular weight is 308 g/mol. The van der Waals surface area contributed by atoms with Gasteiger partial charge < -0.3 is 0 Å². The first kappa shape index (κ1) is 14.8. The highest BCUT2D eigenvalue weighted by Crippen LogP contribution is 2.16. The van der Waals surface area contributed by atoms with Crippen LogP contribution in [0.15, 0.2) is 65.7 Å². The maximum absolute atomic E-state index is 12.5. The van der Waals surface area contributed by atoms with Gasteiger partial charge in [0, 0.05) is 28.8 Å². The zero-order valence-corrected chi connectivity index (χ0v) is 13.6. The Morgan fingerprint density at radius 1 is 1.05 bits per heavy atom. The topological polar surface area (TPSA) is 20.9 Å². The van der Waals surface area contributed by atoms with Crippen LogP contribution in [0.2, 0.25) is 0 Å². The third-order valence-electron chi connectivity index (χ3n) is 3.83. The molecule has 0 aliphatic carbocycles. The van der Waals surface area contributed by atoms with Crippen molar-refractivity contribution < 1.29 is 9.36 Å². The number of fused-ring (bicyclic) bond motifs is 1. The molecule has 1 heterocycles. The lowest BCUT2D eigenvalue weighted by Crippen LogP contribution is -2.40. The molecule has 0 saturated heterocycles. The number of benzene rings is 2. The Morgan fingerprint density at radius 2 is 1.73 bits per heavy atom. The molecule has 0 saturated carbocycles. The number of nitrogens with zero attached hydrogens (tertiary/aromatic N) is 1. The summed E-state index contributed by atoms with van der Waals surface area (Å²) < 4.78 is 2.02. The summed E-state index contributed by atoms with van der Waals surface area (Å²) >= 11 is 1.68. The summed E-state index contributed by atoms with van der Waals surface area (Å²) in [7, 11) is 0. The van der Waals surface area contributed by atoms with Gasteiger partial charge in [0.2, 0.25) is 12.3 Å². The van der Waals surface area contributed by atoms with Crippen molar-refractivity contribution in [2.24, 2.45) is 0 Å². The lowest BCUT2D eigenvalue weighted by atomic mass is 10.1. The smallest absolute Gasteiger partial charge is 0.227 e. The number of aryl methyl sites for hydroxylation is 1. The van der Waals surface area contributed by atoms with E-state index in [1.54, 1.807) is 11.8 Å². The van der Waals surface area contributed by atoms with Gasteiger partial charge in [0.05, 0.1) is 0 Å². The Labute approximate surface area is 134 Å². The normalized spacial score (nSPS) is 10.8. The van der Waals surface area contributed by atoms with Crippen LogP contribution < -0.4 is 4.57 Å². The minimum atomic E-state index is 0.135. The summed E-state index contributed by atoms with van der Waals surface area (Å²) in [6.45, 7) is 2.41. The quantitative estimate of drug-likeness (QED) is 0.412. The largest absolute Gasteiger partial charge is 0.287 e. The molecule has 3 aromatic rings. The van der Waals surface area contributed by atoms with E-state index < -0.39 is 0 Å². The molecule has 3 rings (SSSR count). The second kappa shape index (κ2) is 6.32. The van der Waals surface area contributed by atoms with Gasteiger partial charge in [-0.2, -0.15) is 4.57 Å². The molecular formula is C19H18NOS+. The molecule has 0 amide bonds. The van der Waals surface area contributed by atoms with Gasteiger partial charge in [-0.25, -0.2) is 0 Å². The number of Topliss-reactive ketones (excluding diaryl/α,β-unsaturated/α-hetero) is 1. The highest BCUT2D eigenvalue weighted by Gasteiger charge is 2.15. The standard InChI is InChI=1S/C19H18NOS/c1-14-11-16-5-3-4-6-17(16)12-20(14)13-19(21)15-7-9-18(22-2)10-8-15/h3-12H,13H2,1-2H3/q+1. The van der Waals surface area contributed by atoms with E-state index >= 15 is 0 Å². The van der Waals surface area contributed by atoms with Crippen LogP contribution in [0.4, 0.5) is 0 Å². The predicted molar refractivity (Wildman–Crippen MR) is 91.4 cm³/mol. The molecule has 110 valence electrons. The van der Waals surface area contributed by atoms with Crippen molar-refractivity contribution in [1.29, 1.82) is 0 Å². The summed E-state index contributed by atoms with van der Waals surface area (Å²) in [5, 5.41) is 2.35. The van der Waals surface area contributed by atoms with Gasteiger partial charge in [-0.05, 0) is 29.8 Å². The third kappa shape index (κ3) is 3.04. The molecular weight excluding hydrogens is 290 g/mol. The lowest BCUT2D eigenvalue weighted by molar-refractivity contribution is -0.687. The fourth-order valence-corrected chi connectivity index (χ4v) is 2.94. The maximum atomic E-state index is 12.5. The highest BCUT2D eigenvalue weighted by molar-refractivity contribution is 7.98. The number of hydrogen-bond donors (Lipinski definition) is 0. The minimum absolute atomic E-state index is 0.135. The van der Waals surface area contributed by atoms with E-state index in [9.17, 15) is 4.79 Å². The number of carbonyl (C=O) groups is 1. The predicted octanol–water partition coefficient (Wildman–Crippen LogP) is 4.04. The Hall–Kier alpha value is -2.13. The van der Waals surface area contributed by atoms with Crippen LogP contribution in [0.1, 0.15) is 16.1 Å². The van der Waals surface area contributed by atoms with Crippen molar-refractivity contribution in [3.63, 3.8) is 0 Å². The van der Waals surface area contributed by atoms with E-state index in [2.05, 4.69) is 24.4 Å². The molecule has 0 bridgehead atoms. The number of pyridine rings is 1. The molecule has 0 N–H and O–H groups in total. The SMILES string of the molecule is CSc1ccc(C(=O)C[n+]2cc3ccccc3cc2C)cc1. The average Bonchev–Trinajstić information content (AvgIpc) is 2.55. The van der Waals surface area contributed by atoms with Gasteiger partial charge in [0.25, 0.3) is 0 Å². The number of ketones is 1. The molecule has 0 aliphatic heterocycles. The zero-order valence-electron chi connectivity index (χ0n) is 12.7. The molecule has 2 aromatic carbocycles. The number of thioether (sulfide) groups is 1. The molecule has 1 aromatic heterocycles. The molecule has 0 spiro atoms. The van der Waals surface area contributed by atoms with Crippen molar-refractivity contribution in [2.75, 3.05) is 6.26 Å². The first-order valence-electron chi connectivity index (χ1n) is 7.23. The Bertz CT molecular complexity index is 824. The van der Waals surface area contributed by atoms with Gasteiger partial charge in [-0.15, -0.1) is 11.8 Å². The van der Waals surface area contributed by atoms with E-state index in [0.29, 0.717) is 6.54 Å². The highest BCUT2D eigenvalue weighted by atomic mass is 32.2. The van der Waals surface area contributed by atoms with Crippen LogP contribution in [0.5, 0.6) is 0 Å². The van der Waals surface area contributed by atoms with Gasteiger partial charge in [0.15, 0.2) is 11.9 Å². The van der Waals surface area contributed by atoms with E-state index in [4.69, 9.17) is 0 Å². The summed E-state index contributed by atoms with van der Waals surface area (Å²) in [5.41, 5.74) is 1.85. The maximum Gasteiger partial charge on any atom is 0.227 e. The Balaban J connectivity index is 1.88. The zero-order chi connectivity index (χ0) is 15.5. The fourth-order valence-electron chi connectivity index (χ4n) is 2.53. The van der Waals surface area contributed by atoms with Gasteiger partial charge >= 0.3 is 0 Å². The van der Waals surface area contributed by atoms with Crippen LogP contribution >= 0.6 is 11.8 Å². The molecule has 3 heteroatoms. The second-order valence-corrected chi connectivity index (χ2v) is 6.20. The van der Waals surface area contributed by atoms with Crippen molar-refractivity contribution >= 4 is 28.3 Å². The summed E-state index contributed by atoms with van der Waals surface area (Å²) in [6, 6.07) is 18.1. The van der Waals surface area contributed by atoms with Crippen LogP contribution in [0, 0.1) is 6.92 Å². The molecule has 0 atom stereocenters. The van der Waals surface area contributed by atoms with E-state index in [-0.39, 0.29) is 5.78 Å². The third-order valence-corrected chi connectivity index (χ3v) is 4.58. The Morgan fingerprint density at radius 3 is 2.41 bits per heavy atom. The molecule has 0 unspecified atom stereocenters. The van der Waals surface area contributed by atoms with Gasteiger partial charge in [-0.1, -0.05) is 30.3 Å². The number of rotatable bonds is 4. The first-order chi connectivity index (χ1) is 10.7. The summed E-state index contributed by atoms with van der Waals surface area (Å²) in [4.78, 5) is 13.6. The van der Waals surface area contributed by atoms with Crippen molar-refractivity contribution in [2.45, 2.75) is 18.4 Å². The summed E-state index contributed by atoms with van der Waals surface area (Å²) in [5.74, 6) is 0.135. The number of hydrogen-bond acceptors (Lipinski definition) is 2. The molecule has 2 nitrogen and oxygen atoms in total. The molecule has 0 radical (unpaired) electrons. The Kier molecular flexibility index (Phi) is 4.25. The van der Waals surface area contributed by atoms with E-state index in [0.717, 1.165) is 16.6 Å². The lowest BCUT2D eigenvalue weighted by Gasteiger charge is -2.04. The van der Waals surface area contributed by atoms with Crippen LogP contribution in [-0.4, -0.2) is 12.0 Å². The monoisotopic (exact) mass is 308 g/mol. The van der Waals surface area contributed by atoms with Crippen molar-refractivity contribution in [1.82, 2.24) is 0 Å². The van der Waals surface area contributed by atoms with Crippen molar-refractivity contribution in [3.05, 3.63) is 72.1 Å². The molecule has 22 heavy (non-hydrogen) atoms. The first-order valence-corrected chi connectivity index (χ1v) is 8.46. The molecule has 0 aliphatic rings. The second-order valence-electron chi connectivity index (χ2n) is 5.32. The molecule has 0 fully saturated rings. The van der Waals surface area contributed by atoms with E-state index in [1.165, 1.54) is 10.3 Å².